The summed E-state index contributed by atoms with van der Waals surface area (Å²) in [6.45, 7) is 0. The highest BCUT2D eigenvalue weighted by molar-refractivity contribution is 7.85. The molecule has 0 bridgehead atoms. The predicted molar refractivity (Wildman–Crippen MR) is 59.5 cm³/mol. The third-order valence-corrected chi connectivity index (χ3v) is 3.44. The van der Waals surface area contributed by atoms with E-state index in [1.165, 1.54) is 12.1 Å². The smallest absolute Gasteiger partial charge is 0.335 e. The van der Waals surface area contributed by atoms with Crippen LogP contribution in [0.4, 0.5) is 0 Å². The molecule has 5 heteroatoms. The number of nitriles is 1. The van der Waals surface area contributed by atoms with Crippen LogP contribution in [0.2, 0.25) is 0 Å². The minimum absolute atomic E-state index is 0.178. The summed E-state index contributed by atoms with van der Waals surface area (Å²) in [6.07, 6.45) is 0.975. The van der Waals surface area contributed by atoms with Crippen molar-refractivity contribution < 1.29 is 14.1 Å². The fourth-order valence-corrected chi connectivity index (χ4v) is 2.23. The van der Waals surface area contributed by atoms with Gasteiger partial charge in [-0.15, -0.1) is 0 Å². The molecule has 1 aromatic rings. The summed E-state index contributed by atoms with van der Waals surface area (Å²) in [7, 11) is -1.15. The summed E-state index contributed by atoms with van der Waals surface area (Å²) in [5.74, 6) is -0.568. The van der Waals surface area contributed by atoms with Gasteiger partial charge in [0.25, 0.3) is 0 Å². The van der Waals surface area contributed by atoms with Gasteiger partial charge in [-0.3, -0.25) is 4.21 Å². The topological polar surface area (TPSA) is 78.2 Å². The third-order valence-electron chi connectivity index (χ3n) is 1.98. The first-order valence-corrected chi connectivity index (χ1v) is 6.05. The van der Waals surface area contributed by atoms with E-state index in [-0.39, 0.29) is 5.56 Å². The lowest BCUT2D eigenvalue weighted by Crippen LogP contribution is -2.00. The highest BCUT2D eigenvalue weighted by Crippen LogP contribution is 2.10. The number of hydrogen-bond donors (Lipinski definition) is 1. The monoisotopic (exact) mass is 237 g/mol. The van der Waals surface area contributed by atoms with Gasteiger partial charge in [-0.05, 0) is 30.7 Å². The first kappa shape index (κ1) is 12.4. The van der Waals surface area contributed by atoms with E-state index in [9.17, 15) is 9.00 Å². The van der Waals surface area contributed by atoms with E-state index in [1.54, 1.807) is 12.1 Å². The molecule has 1 rings (SSSR count). The number of carboxylic acid groups (broad SMARTS) is 1. The quantitative estimate of drug-likeness (QED) is 0.792. The zero-order chi connectivity index (χ0) is 12.0. The van der Waals surface area contributed by atoms with Crippen molar-refractivity contribution in [2.75, 3.05) is 5.75 Å². The van der Waals surface area contributed by atoms with Crippen LogP contribution in [0.15, 0.2) is 29.2 Å². The Kier molecular flexibility index (Phi) is 4.67. The highest BCUT2D eigenvalue weighted by Gasteiger charge is 2.06. The minimum atomic E-state index is -1.15. The molecular weight excluding hydrogens is 226 g/mol. The van der Waals surface area contributed by atoms with Crippen molar-refractivity contribution in [3.63, 3.8) is 0 Å². The summed E-state index contributed by atoms with van der Waals surface area (Å²) >= 11 is 0. The van der Waals surface area contributed by atoms with Crippen molar-refractivity contribution in [2.45, 2.75) is 17.7 Å². The van der Waals surface area contributed by atoms with E-state index in [4.69, 9.17) is 10.4 Å². The van der Waals surface area contributed by atoms with Crippen LogP contribution in [0, 0.1) is 11.3 Å². The number of carboxylic acids is 1. The second-order valence-corrected chi connectivity index (χ2v) is 4.71. The molecule has 0 radical (unpaired) electrons. The largest absolute Gasteiger partial charge is 0.478 e. The molecule has 0 aromatic heterocycles. The van der Waals surface area contributed by atoms with Gasteiger partial charge in [-0.1, -0.05) is 0 Å². The lowest BCUT2D eigenvalue weighted by atomic mass is 10.2. The van der Waals surface area contributed by atoms with Gasteiger partial charge >= 0.3 is 5.97 Å². The number of rotatable bonds is 5. The number of unbranched alkanes of at least 4 members (excludes halogenated alkanes) is 1. The Morgan fingerprint density at radius 1 is 1.38 bits per heavy atom. The molecule has 0 aliphatic heterocycles. The van der Waals surface area contributed by atoms with E-state index in [0.29, 0.717) is 23.5 Å². The van der Waals surface area contributed by atoms with E-state index in [2.05, 4.69) is 0 Å². The molecule has 0 aliphatic rings. The number of aromatic carboxylic acids is 1. The van der Waals surface area contributed by atoms with Gasteiger partial charge in [-0.2, -0.15) is 5.26 Å². The Morgan fingerprint density at radius 2 is 2.00 bits per heavy atom. The van der Waals surface area contributed by atoms with Crippen molar-refractivity contribution in [1.29, 1.82) is 5.26 Å². The van der Waals surface area contributed by atoms with E-state index >= 15 is 0 Å². The third kappa shape index (κ3) is 3.48. The molecule has 1 aromatic carbocycles. The summed E-state index contributed by atoms with van der Waals surface area (Å²) in [4.78, 5) is 11.2. The molecule has 1 atom stereocenters. The van der Waals surface area contributed by atoms with Crippen molar-refractivity contribution in [1.82, 2.24) is 0 Å². The maximum atomic E-state index is 11.7. The molecule has 0 fully saturated rings. The number of nitrogens with zero attached hydrogens (tertiary/aromatic N) is 1. The first-order valence-electron chi connectivity index (χ1n) is 4.74. The average Bonchev–Trinajstić information content (AvgIpc) is 2.29. The molecule has 0 saturated heterocycles. The Balaban J connectivity index is 2.64. The molecule has 0 spiro atoms. The maximum absolute atomic E-state index is 11.7. The van der Waals surface area contributed by atoms with E-state index in [1.807, 2.05) is 6.07 Å². The van der Waals surface area contributed by atoms with Crippen LogP contribution >= 0.6 is 0 Å². The lowest BCUT2D eigenvalue weighted by Gasteiger charge is -2.01. The summed E-state index contributed by atoms with van der Waals surface area (Å²) in [5, 5.41) is 17.0. The molecule has 0 aliphatic carbocycles. The van der Waals surface area contributed by atoms with Crippen LogP contribution in [0.5, 0.6) is 0 Å². The molecule has 0 amide bonds. The minimum Gasteiger partial charge on any atom is -0.478 e. The second kappa shape index (κ2) is 6.03. The summed E-state index contributed by atoms with van der Waals surface area (Å²) < 4.78 is 11.7. The Bertz CT molecular complexity index is 434. The van der Waals surface area contributed by atoms with Gasteiger partial charge in [0.1, 0.15) is 0 Å². The van der Waals surface area contributed by atoms with Crippen LogP contribution in [-0.4, -0.2) is 21.0 Å². The van der Waals surface area contributed by atoms with Gasteiger partial charge < -0.3 is 5.11 Å². The van der Waals surface area contributed by atoms with E-state index in [0.717, 1.165) is 0 Å². The van der Waals surface area contributed by atoms with Crippen molar-refractivity contribution in [3.8, 4) is 6.07 Å². The number of hydrogen-bond acceptors (Lipinski definition) is 3. The van der Waals surface area contributed by atoms with Gasteiger partial charge in [0.05, 0.1) is 22.4 Å². The number of benzene rings is 1. The molecule has 0 heterocycles. The zero-order valence-corrected chi connectivity index (χ0v) is 9.37. The number of carbonyl (C=O) groups is 1. The van der Waals surface area contributed by atoms with Crippen LogP contribution in [0.3, 0.4) is 0 Å². The van der Waals surface area contributed by atoms with Gasteiger partial charge in [-0.25, -0.2) is 4.79 Å². The van der Waals surface area contributed by atoms with Crippen molar-refractivity contribution in [3.05, 3.63) is 29.8 Å². The maximum Gasteiger partial charge on any atom is 0.335 e. The SMILES string of the molecule is N#CCCCS(=O)c1ccc(C(=O)O)cc1. The van der Waals surface area contributed by atoms with Crippen LogP contribution < -0.4 is 0 Å². The van der Waals surface area contributed by atoms with Crippen LogP contribution in [0.1, 0.15) is 23.2 Å². The molecule has 1 unspecified atom stereocenters. The highest BCUT2D eigenvalue weighted by atomic mass is 32.2. The van der Waals surface area contributed by atoms with Gasteiger partial charge in [0.2, 0.25) is 0 Å². The Morgan fingerprint density at radius 3 is 2.50 bits per heavy atom. The fraction of sp³-hybridized carbons (Fsp3) is 0.273. The zero-order valence-electron chi connectivity index (χ0n) is 8.55. The van der Waals surface area contributed by atoms with Gasteiger partial charge in [0.15, 0.2) is 0 Å². The molecule has 0 saturated carbocycles. The fourth-order valence-electron chi connectivity index (χ4n) is 1.15. The van der Waals surface area contributed by atoms with Crippen molar-refractivity contribution >= 4 is 16.8 Å². The normalized spacial score (nSPS) is 11.7. The predicted octanol–water partition coefficient (Wildman–Crippen LogP) is 1.80. The molecule has 16 heavy (non-hydrogen) atoms. The second-order valence-electron chi connectivity index (χ2n) is 3.14. The first-order chi connectivity index (χ1) is 7.65. The average molecular weight is 237 g/mol. The van der Waals surface area contributed by atoms with Crippen molar-refractivity contribution in [2.24, 2.45) is 0 Å². The Hall–Kier alpha value is -1.67. The molecule has 1 N–H and O–H groups in total. The standard InChI is InChI=1S/C11H11NO3S/c12-7-1-2-8-16(15)10-5-3-9(4-6-10)11(13)14/h3-6H,1-2,8H2,(H,13,14). The molecular formula is C11H11NO3S. The lowest BCUT2D eigenvalue weighted by molar-refractivity contribution is 0.0697. The van der Waals surface area contributed by atoms with Gasteiger partial charge in [0, 0.05) is 17.1 Å². The summed E-state index contributed by atoms with van der Waals surface area (Å²) in [5.41, 5.74) is 0.178. The molecule has 84 valence electrons. The van der Waals surface area contributed by atoms with Crippen LogP contribution in [0.25, 0.3) is 0 Å². The molecule has 4 nitrogen and oxygen atoms in total. The van der Waals surface area contributed by atoms with E-state index < -0.39 is 16.8 Å². The summed E-state index contributed by atoms with van der Waals surface area (Å²) in [6, 6.07) is 7.94. The Labute approximate surface area is 96.0 Å². The van der Waals surface area contributed by atoms with Crippen LogP contribution in [-0.2, 0) is 10.8 Å².